The molecule has 5 N–H and O–H groups in total. The predicted octanol–water partition coefficient (Wildman–Crippen LogP) is 2.98. The molecule has 2 heterocycles. The topological polar surface area (TPSA) is 130 Å². The van der Waals surface area contributed by atoms with Gasteiger partial charge in [-0.25, -0.2) is 4.39 Å². The Balaban J connectivity index is 1.50. The van der Waals surface area contributed by atoms with Crippen LogP contribution in [0.15, 0.2) is 36.4 Å². The van der Waals surface area contributed by atoms with Crippen molar-refractivity contribution in [1.29, 1.82) is 5.26 Å². The number of nitrogens with one attached hydrogen (secondary N) is 3. The molecule has 11 heteroatoms. The number of rotatable bonds is 10. The molecular formula is C30H34FN5O4S. The van der Waals surface area contributed by atoms with E-state index in [1.807, 2.05) is 23.1 Å². The summed E-state index contributed by atoms with van der Waals surface area (Å²) in [7, 11) is 3.10. The highest BCUT2D eigenvalue weighted by Gasteiger charge is 2.30. The first-order valence-electron chi connectivity index (χ1n) is 13.3. The Morgan fingerprint density at radius 1 is 1.32 bits per heavy atom. The fourth-order valence-electron chi connectivity index (χ4n) is 4.88. The lowest BCUT2D eigenvalue weighted by Crippen LogP contribution is -2.50. The summed E-state index contributed by atoms with van der Waals surface area (Å²) in [4.78, 5) is 14.5. The molecule has 1 amide bonds. The Labute approximate surface area is 242 Å². The van der Waals surface area contributed by atoms with E-state index >= 15 is 4.39 Å². The van der Waals surface area contributed by atoms with Gasteiger partial charge in [-0.05, 0) is 30.7 Å². The van der Waals surface area contributed by atoms with E-state index in [2.05, 4.69) is 33.9 Å². The number of ether oxygens (including phenoxy) is 1. The van der Waals surface area contributed by atoms with Crippen LogP contribution in [0, 0.1) is 23.2 Å². The second-order valence-corrected chi connectivity index (χ2v) is 10.7. The Morgan fingerprint density at radius 3 is 2.85 bits per heavy atom. The summed E-state index contributed by atoms with van der Waals surface area (Å²) in [5.41, 5.74) is 2.84. The Kier molecular flexibility index (Phi) is 10.4. The Hall–Kier alpha value is -3.87. The molecule has 3 aromatic rings. The van der Waals surface area contributed by atoms with Crippen molar-refractivity contribution in [3.05, 3.63) is 52.4 Å². The minimum Gasteiger partial charge on any atom is -0.495 e. The van der Waals surface area contributed by atoms with E-state index in [1.165, 1.54) is 18.4 Å². The lowest BCUT2D eigenvalue weighted by atomic mass is 10.0. The minimum absolute atomic E-state index is 0.178. The number of β-amino-alcohol motifs (C(OH)–C–C–N with tert-alkyl or cyclic N) is 1. The molecule has 0 radical (unpaired) electrons. The molecule has 9 nitrogen and oxygen atoms in total. The first kappa shape index (κ1) is 30.1. The van der Waals surface area contributed by atoms with Crippen molar-refractivity contribution in [3.63, 3.8) is 0 Å². The van der Waals surface area contributed by atoms with Crippen molar-refractivity contribution < 1.29 is 24.1 Å². The van der Waals surface area contributed by atoms with Crippen LogP contribution in [0.25, 0.3) is 10.1 Å². The van der Waals surface area contributed by atoms with Gasteiger partial charge in [-0.3, -0.25) is 9.69 Å². The average molecular weight is 580 g/mol. The second kappa shape index (κ2) is 14.2. The predicted molar refractivity (Wildman–Crippen MR) is 159 cm³/mol. The third kappa shape index (κ3) is 7.26. The first-order chi connectivity index (χ1) is 19.9. The first-order valence-corrected chi connectivity index (χ1v) is 14.2. The number of methoxy groups -OCH3 is 1. The summed E-state index contributed by atoms with van der Waals surface area (Å²) in [6, 6.07) is 12.7. The molecule has 41 heavy (non-hydrogen) atoms. The monoisotopic (exact) mass is 579 g/mol. The Morgan fingerprint density at radius 2 is 2.15 bits per heavy atom. The molecule has 1 aromatic heterocycles. The van der Waals surface area contributed by atoms with Gasteiger partial charge in [0, 0.05) is 43.2 Å². The van der Waals surface area contributed by atoms with Crippen LogP contribution >= 0.6 is 11.3 Å². The quantitative estimate of drug-likeness (QED) is 0.232. The summed E-state index contributed by atoms with van der Waals surface area (Å²) in [5, 5.41) is 38.4. The van der Waals surface area contributed by atoms with Crippen molar-refractivity contribution in [3.8, 4) is 23.7 Å². The zero-order valence-corrected chi connectivity index (χ0v) is 23.9. The molecule has 0 saturated carbocycles. The number of amides is 1. The van der Waals surface area contributed by atoms with E-state index in [9.17, 15) is 15.2 Å². The second-order valence-electron chi connectivity index (χ2n) is 9.73. The Bertz CT molecular complexity index is 1480. The molecule has 3 atom stereocenters. The summed E-state index contributed by atoms with van der Waals surface area (Å²) in [6.45, 7) is 0.999. The number of halogens is 1. The van der Waals surface area contributed by atoms with Crippen LogP contribution in [0.2, 0.25) is 0 Å². The highest BCUT2D eigenvalue weighted by molar-refractivity contribution is 7.20. The number of likely N-dealkylation sites (tertiary alicyclic amines) is 1. The number of hydrogen-bond acceptors (Lipinski definition) is 9. The molecular weight excluding hydrogens is 545 g/mol. The van der Waals surface area contributed by atoms with E-state index in [0.29, 0.717) is 36.5 Å². The standard InChI is InChI=1S/C30H34FN5O4S/c1-33-30(39)19-8-9-25(27(15-19)40-2)34-13-4-7-28-21(10-12-32)22-5-3-6-26(29(22)41-28)35-24-11-14-36(17-23(24)31)16-20(38)18-37/h3,5-6,8-9,15,20,23-24,34-35,37-38H,10-11,13-14,16-18H2,1-2H3,(H,33,39). The maximum atomic E-state index is 15.1. The van der Waals surface area contributed by atoms with Crippen LogP contribution < -0.4 is 20.7 Å². The van der Waals surface area contributed by atoms with Crippen molar-refractivity contribution >= 4 is 38.7 Å². The van der Waals surface area contributed by atoms with Gasteiger partial charge in [0.15, 0.2) is 0 Å². The number of carbonyl (C=O) groups is 1. The number of aliphatic hydroxyl groups excluding tert-OH is 2. The third-order valence-corrected chi connectivity index (χ3v) is 8.18. The number of piperidine rings is 1. The summed E-state index contributed by atoms with van der Waals surface area (Å²) in [5.74, 6) is 6.64. The van der Waals surface area contributed by atoms with E-state index in [0.717, 1.165) is 26.2 Å². The lowest BCUT2D eigenvalue weighted by molar-refractivity contribution is 0.0365. The van der Waals surface area contributed by atoms with Gasteiger partial charge in [-0.1, -0.05) is 24.0 Å². The maximum absolute atomic E-state index is 15.1. The summed E-state index contributed by atoms with van der Waals surface area (Å²) in [6.07, 6.45) is -1.27. The molecule has 1 aliphatic heterocycles. The van der Waals surface area contributed by atoms with Gasteiger partial charge < -0.3 is 30.9 Å². The normalized spacial score (nSPS) is 17.7. The summed E-state index contributed by atoms with van der Waals surface area (Å²) >= 11 is 1.48. The van der Waals surface area contributed by atoms with Crippen LogP contribution in [-0.2, 0) is 6.42 Å². The van der Waals surface area contributed by atoms with Crippen LogP contribution in [0.4, 0.5) is 15.8 Å². The van der Waals surface area contributed by atoms with Gasteiger partial charge in [0.2, 0.25) is 0 Å². The van der Waals surface area contributed by atoms with Gasteiger partial charge in [0.1, 0.15) is 11.9 Å². The SMILES string of the molecule is CNC(=O)c1ccc(NCC#Cc2sc3c(NC4CCN(CC(O)CO)CC4F)cccc3c2CC#N)c(OC)c1. The number of hydrogen-bond donors (Lipinski definition) is 5. The van der Waals surface area contributed by atoms with Gasteiger partial charge in [0.05, 0.1) is 65.8 Å². The van der Waals surface area contributed by atoms with Gasteiger partial charge in [-0.2, -0.15) is 5.26 Å². The molecule has 3 unspecified atom stereocenters. The number of nitriles is 1. The molecule has 1 aliphatic rings. The van der Waals surface area contributed by atoms with Gasteiger partial charge in [-0.15, -0.1) is 11.3 Å². The summed E-state index contributed by atoms with van der Waals surface area (Å²) < 4.78 is 21.4. The number of nitrogens with zero attached hydrogens (tertiary/aromatic N) is 2. The third-order valence-electron chi connectivity index (χ3n) is 6.98. The van der Waals surface area contributed by atoms with E-state index in [4.69, 9.17) is 9.84 Å². The molecule has 0 aliphatic carbocycles. The molecule has 216 valence electrons. The highest BCUT2D eigenvalue weighted by Crippen LogP contribution is 2.37. The number of thiophene rings is 1. The van der Waals surface area contributed by atoms with E-state index < -0.39 is 18.3 Å². The van der Waals surface area contributed by atoms with E-state index in [1.54, 1.807) is 25.2 Å². The number of fused-ring (bicyclic) bond motifs is 1. The fourth-order valence-corrected chi connectivity index (χ4v) is 6.05. The number of benzene rings is 2. The zero-order chi connectivity index (χ0) is 29.4. The minimum atomic E-state index is -1.14. The number of carbonyl (C=O) groups excluding carboxylic acids is 1. The molecule has 2 aromatic carbocycles. The molecule has 0 bridgehead atoms. The number of aliphatic hydroxyl groups is 2. The van der Waals surface area contributed by atoms with Gasteiger partial charge in [0.25, 0.3) is 5.91 Å². The van der Waals surface area contributed by atoms with Crippen molar-refractivity contribution in [2.75, 3.05) is 57.6 Å². The molecule has 4 rings (SSSR count). The van der Waals surface area contributed by atoms with E-state index in [-0.39, 0.29) is 32.0 Å². The van der Waals surface area contributed by atoms with Crippen LogP contribution in [-0.4, -0.2) is 86.3 Å². The van der Waals surface area contributed by atoms with Crippen molar-refractivity contribution in [2.24, 2.45) is 0 Å². The molecule has 0 spiro atoms. The largest absolute Gasteiger partial charge is 0.495 e. The zero-order valence-electron chi connectivity index (χ0n) is 23.0. The number of anilines is 2. The maximum Gasteiger partial charge on any atom is 0.251 e. The highest BCUT2D eigenvalue weighted by atomic mass is 32.1. The van der Waals surface area contributed by atoms with Crippen LogP contribution in [0.5, 0.6) is 5.75 Å². The van der Waals surface area contributed by atoms with Gasteiger partial charge >= 0.3 is 0 Å². The van der Waals surface area contributed by atoms with Crippen LogP contribution in [0.1, 0.15) is 27.2 Å². The number of alkyl halides is 1. The van der Waals surface area contributed by atoms with Crippen molar-refractivity contribution in [1.82, 2.24) is 10.2 Å². The van der Waals surface area contributed by atoms with Crippen LogP contribution in [0.3, 0.4) is 0 Å². The fraction of sp³-hybridized carbons (Fsp3) is 0.400. The molecule has 1 saturated heterocycles. The lowest BCUT2D eigenvalue weighted by Gasteiger charge is -2.36. The van der Waals surface area contributed by atoms with Crippen molar-refractivity contribution in [2.45, 2.75) is 31.2 Å². The average Bonchev–Trinajstić information content (AvgIpc) is 3.34. The molecule has 1 fully saturated rings. The smallest absolute Gasteiger partial charge is 0.251 e.